The molecule has 2 N–H and O–H groups in total. The van der Waals surface area contributed by atoms with E-state index >= 15 is 0 Å². The summed E-state index contributed by atoms with van der Waals surface area (Å²) in [6, 6.07) is 6.08. The molecule has 0 fully saturated rings. The summed E-state index contributed by atoms with van der Waals surface area (Å²) < 4.78 is 4.71. The molecule has 0 unspecified atom stereocenters. The number of hydrogen-bond donors (Lipinski definition) is 2. The Balaban J connectivity index is 2.71. The fraction of sp³-hybridized carbons (Fsp3) is 0.273. The van der Waals surface area contributed by atoms with Gasteiger partial charge in [0.25, 0.3) is 5.91 Å². The van der Waals surface area contributed by atoms with E-state index in [4.69, 9.17) is 9.84 Å². The molecule has 0 atom stereocenters. The zero-order chi connectivity index (χ0) is 12.0. The number of nitrogens with one attached hydrogen (secondary N) is 1. The summed E-state index contributed by atoms with van der Waals surface area (Å²) in [4.78, 5) is 22.5. The maximum atomic E-state index is 11.3. The molecule has 5 nitrogen and oxygen atoms in total. The van der Waals surface area contributed by atoms with Crippen molar-refractivity contribution in [2.24, 2.45) is 0 Å². The summed E-state index contributed by atoms with van der Waals surface area (Å²) >= 11 is 0. The molecule has 5 heteroatoms. The van der Waals surface area contributed by atoms with Crippen molar-refractivity contribution in [3.63, 3.8) is 0 Å². The second kappa shape index (κ2) is 5.87. The lowest BCUT2D eigenvalue weighted by Crippen LogP contribution is -2.17. The fourth-order valence-corrected chi connectivity index (χ4v) is 1.12. The Morgan fingerprint density at radius 1 is 1.25 bits per heavy atom. The summed E-state index contributed by atoms with van der Waals surface area (Å²) in [6.07, 6.45) is 0. The van der Waals surface area contributed by atoms with E-state index in [0.717, 1.165) is 0 Å². The van der Waals surface area contributed by atoms with Crippen LogP contribution in [0.1, 0.15) is 20.7 Å². The molecule has 0 bridgehead atoms. The number of aliphatic hydroxyl groups is 1. The molecule has 0 aliphatic rings. The predicted molar refractivity (Wildman–Crippen MR) is 57.2 cm³/mol. The molecule has 1 amide bonds. The van der Waals surface area contributed by atoms with Gasteiger partial charge in [-0.25, -0.2) is 4.79 Å². The number of amides is 1. The van der Waals surface area contributed by atoms with E-state index in [0.29, 0.717) is 11.1 Å². The Labute approximate surface area is 93.0 Å². The Bertz CT molecular complexity index is 372. The van der Waals surface area contributed by atoms with E-state index in [-0.39, 0.29) is 19.1 Å². The van der Waals surface area contributed by atoms with Gasteiger partial charge in [0.05, 0.1) is 12.2 Å². The highest BCUT2D eigenvalue weighted by molar-refractivity contribution is 5.96. The van der Waals surface area contributed by atoms with Gasteiger partial charge < -0.3 is 15.2 Å². The van der Waals surface area contributed by atoms with Crippen molar-refractivity contribution in [2.75, 3.05) is 20.3 Å². The van der Waals surface area contributed by atoms with Crippen LogP contribution in [0.15, 0.2) is 24.3 Å². The number of carbonyl (C=O) groups is 2. The standard InChI is InChI=1S/C11H13NO4/c1-12-10(14)8-2-4-9(5-3-8)11(15)16-7-6-13/h2-5,13H,6-7H2,1H3,(H,12,14). The van der Waals surface area contributed by atoms with Gasteiger partial charge in [0.1, 0.15) is 6.61 Å². The minimum Gasteiger partial charge on any atom is -0.460 e. The van der Waals surface area contributed by atoms with Crippen LogP contribution < -0.4 is 5.32 Å². The molecule has 0 heterocycles. The average Bonchev–Trinajstić information content (AvgIpc) is 2.35. The first-order valence-corrected chi connectivity index (χ1v) is 4.79. The number of esters is 1. The van der Waals surface area contributed by atoms with Crippen LogP contribution in [0.3, 0.4) is 0 Å². The van der Waals surface area contributed by atoms with Crippen LogP contribution in [0.2, 0.25) is 0 Å². The Morgan fingerprint density at radius 3 is 2.31 bits per heavy atom. The molecular weight excluding hydrogens is 210 g/mol. The van der Waals surface area contributed by atoms with Crippen molar-refractivity contribution in [3.8, 4) is 0 Å². The van der Waals surface area contributed by atoms with E-state index in [1.165, 1.54) is 31.3 Å². The third-order valence-electron chi connectivity index (χ3n) is 1.93. The van der Waals surface area contributed by atoms with Gasteiger partial charge in [0, 0.05) is 12.6 Å². The second-order valence-corrected chi connectivity index (χ2v) is 3.02. The number of rotatable bonds is 4. The summed E-state index contributed by atoms with van der Waals surface area (Å²) in [5.41, 5.74) is 0.822. The van der Waals surface area contributed by atoms with Gasteiger partial charge in [-0.1, -0.05) is 0 Å². The maximum Gasteiger partial charge on any atom is 0.338 e. The first-order chi connectivity index (χ1) is 7.69. The summed E-state index contributed by atoms with van der Waals surface area (Å²) in [5.74, 6) is -0.729. The highest BCUT2D eigenvalue weighted by atomic mass is 16.5. The summed E-state index contributed by atoms with van der Waals surface area (Å²) in [5, 5.41) is 11.0. The third kappa shape index (κ3) is 3.06. The number of hydrogen-bond acceptors (Lipinski definition) is 4. The monoisotopic (exact) mass is 223 g/mol. The number of ether oxygens (including phenoxy) is 1. The molecule has 86 valence electrons. The smallest absolute Gasteiger partial charge is 0.338 e. The molecule has 0 aliphatic heterocycles. The number of carbonyl (C=O) groups excluding carboxylic acids is 2. The van der Waals surface area contributed by atoms with Crippen molar-refractivity contribution in [2.45, 2.75) is 0 Å². The topological polar surface area (TPSA) is 75.6 Å². The van der Waals surface area contributed by atoms with Gasteiger partial charge in [-0.05, 0) is 24.3 Å². The second-order valence-electron chi connectivity index (χ2n) is 3.02. The minimum atomic E-state index is -0.516. The van der Waals surface area contributed by atoms with Crippen LogP contribution in [0.5, 0.6) is 0 Å². The van der Waals surface area contributed by atoms with Gasteiger partial charge in [-0.3, -0.25) is 4.79 Å². The lowest BCUT2D eigenvalue weighted by molar-refractivity contribution is 0.0433. The molecule has 0 aliphatic carbocycles. The highest BCUT2D eigenvalue weighted by Crippen LogP contribution is 2.05. The van der Waals surface area contributed by atoms with Crippen LogP contribution >= 0.6 is 0 Å². The van der Waals surface area contributed by atoms with Gasteiger partial charge in [-0.2, -0.15) is 0 Å². The molecule has 1 aromatic rings. The number of aliphatic hydroxyl groups excluding tert-OH is 1. The molecular formula is C11H13NO4. The van der Waals surface area contributed by atoms with E-state index in [9.17, 15) is 9.59 Å². The normalized spacial score (nSPS) is 9.62. The molecule has 0 saturated carbocycles. The summed E-state index contributed by atoms with van der Waals surface area (Å²) in [7, 11) is 1.53. The highest BCUT2D eigenvalue weighted by Gasteiger charge is 2.08. The first-order valence-electron chi connectivity index (χ1n) is 4.79. The third-order valence-corrected chi connectivity index (χ3v) is 1.93. The Kier molecular flexibility index (Phi) is 4.47. The molecule has 0 aromatic heterocycles. The zero-order valence-corrected chi connectivity index (χ0v) is 8.90. The van der Waals surface area contributed by atoms with Crippen molar-refractivity contribution < 1.29 is 19.4 Å². The molecule has 16 heavy (non-hydrogen) atoms. The molecule has 1 rings (SSSR count). The van der Waals surface area contributed by atoms with Crippen LogP contribution in [0, 0.1) is 0 Å². The predicted octanol–water partition coefficient (Wildman–Crippen LogP) is 0.195. The zero-order valence-electron chi connectivity index (χ0n) is 8.90. The Morgan fingerprint density at radius 2 is 1.81 bits per heavy atom. The quantitative estimate of drug-likeness (QED) is 0.715. The van der Waals surface area contributed by atoms with Gasteiger partial charge >= 0.3 is 5.97 Å². The van der Waals surface area contributed by atoms with Crippen LogP contribution in [0.25, 0.3) is 0 Å². The van der Waals surface area contributed by atoms with Crippen molar-refractivity contribution in [1.82, 2.24) is 5.32 Å². The van der Waals surface area contributed by atoms with Gasteiger partial charge in [0.15, 0.2) is 0 Å². The van der Waals surface area contributed by atoms with Gasteiger partial charge in [-0.15, -0.1) is 0 Å². The largest absolute Gasteiger partial charge is 0.460 e. The van der Waals surface area contributed by atoms with Gasteiger partial charge in [0.2, 0.25) is 0 Å². The SMILES string of the molecule is CNC(=O)c1ccc(C(=O)OCCO)cc1. The summed E-state index contributed by atoms with van der Waals surface area (Å²) in [6.45, 7) is -0.238. The molecule has 0 saturated heterocycles. The van der Waals surface area contributed by atoms with Crippen molar-refractivity contribution in [1.29, 1.82) is 0 Å². The van der Waals surface area contributed by atoms with E-state index in [1.54, 1.807) is 0 Å². The molecule has 0 spiro atoms. The van der Waals surface area contributed by atoms with E-state index in [1.807, 2.05) is 0 Å². The van der Waals surface area contributed by atoms with Crippen LogP contribution in [-0.4, -0.2) is 37.2 Å². The minimum absolute atomic E-state index is 0.0317. The van der Waals surface area contributed by atoms with Crippen molar-refractivity contribution >= 4 is 11.9 Å². The van der Waals surface area contributed by atoms with E-state index in [2.05, 4.69) is 5.32 Å². The number of benzene rings is 1. The average molecular weight is 223 g/mol. The maximum absolute atomic E-state index is 11.3. The Hall–Kier alpha value is -1.88. The molecule has 0 radical (unpaired) electrons. The van der Waals surface area contributed by atoms with Crippen molar-refractivity contribution in [3.05, 3.63) is 35.4 Å². The molecule has 1 aromatic carbocycles. The van der Waals surface area contributed by atoms with Crippen LogP contribution in [-0.2, 0) is 4.74 Å². The van der Waals surface area contributed by atoms with Crippen LogP contribution in [0.4, 0.5) is 0 Å². The first kappa shape index (κ1) is 12.2. The fourth-order valence-electron chi connectivity index (χ4n) is 1.12. The van der Waals surface area contributed by atoms with E-state index < -0.39 is 5.97 Å². The lowest BCUT2D eigenvalue weighted by Gasteiger charge is -2.03. The lowest BCUT2D eigenvalue weighted by atomic mass is 10.1.